The first-order chi connectivity index (χ1) is 14.3. The molecule has 140 valence electrons. The fourth-order valence-electron chi connectivity index (χ4n) is 4.27. The lowest BCUT2D eigenvalue weighted by atomic mass is 10.2. The number of hydrogen-bond acceptors (Lipinski definition) is 4. The highest BCUT2D eigenvalue weighted by atomic mass is 15.4. The van der Waals surface area contributed by atoms with Crippen molar-refractivity contribution in [1.29, 1.82) is 0 Å². The number of rotatable bonds is 2. The summed E-state index contributed by atoms with van der Waals surface area (Å²) >= 11 is 0. The molecule has 0 saturated heterocycles. The number of aromatic nitrogens is 3. The molecule has 0 atom stereocenters. The van der Waals surface area contributed by atoms with E-state index in [1.165, 1.54) is 5.39 Å². The number of benzene rings is 2. The molecule has 0 N–H and O–H groups in total. The van der Waals surface area contributed by atoms with Crippen LogP contribution in [0.4, 0.5) is 17.2 Å². The van der Waals surface area contributed by atoms with Gasteiger partial charge in [-0.2, -0.15) is 0 Å². The van der Waals surface area contributed by atoms with Crippen LogP contribution < -0.4 is 9.80 Å². The average Bonchev–Trinajstić information content (AvgIpc) is 3.29. The standard InChI is InChI=1S/C24H19N5/c1-27-16-28(17-8-3-2-4-9-17)24-22(27)14-18(15-26-24)29-21-12-6-5-10-19(21)20-11-7-13-25-23(20)29/h2-15H,16H2,1H3. The van der Waals surface area contributed by atoms with Gasteiger partial charge in [0.05, 0.1) is 29.8 Å². The zero-order valence-corrected chi connectivity index (χ0v) is 16.0. The van der Waals surface area contributed by atoms with Crippen LogP contribution in [0, 0.1) is 0 Å². The molecular weight excluding hydrogens is 358 g/mol. The second kappa shape index (κ2) is 6.07. The highest BCUT2D eigenvalue weighted by Gasteiger charge is 2.27. The Morgan fingerprint density at radius 3 is 2.48 bits per heavy atom. The molecule has 0 unspecified atom stereocenters. The van der Waals surface area contributed by atoms with E-state index in [-0.39, 0.29) is 0 Å². The maximum atomic E-state index is 4.87. The van der Waals surface area contributed by atoms with Gasteiger partial charge in [0, 0.05) is 29.7 Å². The smallest absolute Gasteiger partial charge is 0.158 e. The summed E-state index contributed by atoms with van der Waals surface area (Å²) in [6.45, 7) is 0.779. The van der Waals surface area contributed by atoms with E-state index in [4.69, 9.17) is 4.98 Å². The Morgan fingerprint density at radius 2 is 1.59 bits per heavy atom. The number of pyridine rings is 2. The lowest BCUT2D eigenvalue weighted by molar-refractivity contribution is 0.944. The number of anilines is 3. The van der Waals surface area contributed by atoms with Crippen molar-refractivity contribution in [1.82, 2.24) is 14.5 Å². The highest BCUT2D eigenvalue weighted by Crippen LogP contribution is 2.40. The van der Waals surface area contributed by atoms with Crippen molar-refractivity contribution in [2.45, 2.75) is 0 Å². The van der Waals surface area contributed by atoms with E-state index >= 15 is 0 Å². The lowest BCUT2D eigenvalue weighted by Crippen LogP contribution is -2.24. The third-order valence-electron chi connectivity index (χ3n) is 5.61. The van der Waals surface area contributed by atoms with E-state index < -0.39 is 0 Å². The molecule has 0 spiro atoms. The summed E-state index contributed by atoms with van der Waals surface area (Å²) in [6, 6.07) is 25.2. The predicted molar refractivity (Wildman–Crippen MR) is 118 cm³/mol. The average molecular weight is 377 g/mol. The molecule has 5 aromatic rings. The molecule has 4 heterocycles. The van der Waals surface area contributed by atoms with Gasteiger partial charge in [0.25, 0.3) is 0 Å². The first-order valence-corrected chi connectivity index (χ1v) is 9.69. The second-order valence-corrected chi connectivity index (χ2v) is 7.37. The molecular formula is C24H19N5. The van der Waals surface area contributed by atoms with Crippen LogP contribution in [0.3, 0.4) is 0 Å². The van der Waals surface area contributed by atoms with Crippen molar-refractivity contribution in [2.75, 3.05) is 23.5 Å². The van der Waals surface area contributed by atoms with Gasteiger partial charge in [-0.3, -0.25) is 4.57 Å². The second-order valence-electron chi connectivity index (χ2n) is 7.37. The minimum absolute atomic E-state index is 0.779. The van der Waals surface area contributed by atoms with Gasteiger partial charge in [-0.1, -0.05) is 36.4 Å². The molecule has 0 radical (unpaired) electrons. The molecule has 0 aliphatic carbocycles. The first-order valence-electron chi connectivity index (χ1n) is 9.69. The van der Waals surface area contributed by atoms with Crippen LogP contribution in [0.2, 0.25) is 0 Å². The van der Waals surface area contributed by atoms with Gasteiger partial charge in [-0.15, -0.1) is 0 Å². The van der Waals surface area contributed by atoms with Crippen molar-refractivity contribution >= 4 is 39.1 Å². The molecule has 6 rings (SSSR count). The number of hydrogen-bond donors (Lipinski definition) is 0. The largest absolute Gasteiger partial charge is 0.353 e. The lowest BCUT2D eigenvalue weighted by Gasteiger charge is -2.18. The van der Waals surface area contributed by atoms with Crippen molar-refractivity contribution in [3.05, 3.63) is 85.2 Å². The van der Waals surface area contributed by atoms with Crippen molar-refractivity contribution in [3.63, 3.8) is 0 Å². The van der Waals surface area contributed by atoms with E-state index in [1.54, 1.807) is 0 Å². The Labute approximate surface area is 168 Å². The third-order valence-corrected chi connectivity index (χ3v) is 5.61. The Balaban J connectivity index is 1.56. The first kappa shape index (κ1) is 16.1. The molecule has 0 fully saturated rings. The Kier molecular flexibility index (Phi) is 3.38. The van der Waals surface area contributed by atoms with Crippen LogP contribution >= 0.6 is 0 Å². The maximum Gasteiger partial charge on any atom is 0.158 e. The van der Waals surface area contributed by atoms with E-state index in [9.17, 15) is 0 Å². The fourth-order valence-corrected chi connectivity index (χ4v) is 4.27. The SMILES string of the molecule is CN1CN(c2ccccc2)c2ncc(-n3c4ccccc4c4cccnc43)cc21. The van der Waals surface area contributed by atoms with Crippen LogP contribution in [0.1, 0.15) is 0 Å². The molecule has 1 aliphatic heterocycles. The number of nitrogens with zero attached hydrogens (tertiary/aromatic N) is 5. The Morgan fingerprint density at radius 1 is 0.793 bits per heavy atom. The van der Waals surface area contributed by atoms with Gasteiger partial charge in [-0.25, -0.2) is 9.97 Å². The normalized spacial score (nSPS) is 13.4. The minimum atomic E-state index is 0.779. The van der Waals surface area contributed by atoms with Crippen molar-refractivity contribution < 1.29 is 0 Å². The molecule has 0 saturated carbocycles. The fraction of sp³-hybridized carbons (Fsp3) is 0.0833. The van der Waals surface area contributed by atoms with Crippen LogP contribution in [-0.2, 0) is 0 Å². The highest BCUT2D eigenvalue weighted by molar-refractivity contribution is 6.07. The van der Waals surface area contributed by atoms with E-state index in [1.807, 2.05) is 24.5 Å². The summed E-state index contributed by atoms with van der Waals surface area (Å²) in [6.07, 6.45) is 3.80. The summed E-state index contributed by atoms with van der Waals surface area (Å²) in [5.74, 6) is 0.983. The molecule has 3 aromatic heterocycles. The minimum Gasteiger partial charge on any atom is -0.353 e. The monoisotopic (exact) mass is 377 g/mol. The number of fused-ring (bicyclic) bond motifs is 4. The van der Waals surface area contributed by atoms with Crippen LogP contribution in [0.25, 0.3) is 27.6 Å². The topological polar surface area (TPSA) is 37.2 Å². The van der Waals surface area contributed by atoms with Gasteiger partial charge in [0.15, 0.2) is 5.82 Å². The van der Waals surface area contributed by atoms with Gasteiger partial charge >= 0.3 is 0 Å². The molecule has 1 aliphatic rings. The van der Waals surface area contributed by atoms with Crippen LogP contribution in [0.15, 0.2) is 85.2 Å². The summed E-state index contributed by atoms with van der Waals surface area (Å²) < 4.78 is 2.21. The molecule has 29 heavy (non-hydrogen) atoms. The predicted octanol–water partition coefficient (Wildman–Crippen LogP) is 5.12. The zero-order valence-electron chi connectivity index (χ0n) is 16.0. The van der Waals surface area contributed by atoms with E-state index in [0.717, 1.165) is 46.1 Å². The Bertz CT molecular complexity index is 1300. The summed E-state index contributed by atoms with van der Waals surface area (Å²) in [5, 5.41) is 2.36. The maximum absolute atomic E-state index is 4.87. The van der Waals surface area contributed by atoms with Gasteiger partial charge < -0.3 is 9.80 Å². The summed E-state index contributed by atoms with van der Waals surface area (Å²) in [7, 11) is 2.11. The van der Waals surface area contributed by atoms with Crippen LogP contribution in [0.5, 0.6) is 0 Å². The zero-order chi connectivity index (χ0) is 19.4. The van der Waals surface area contributed by atoms with Gasteiger partial charge in [0.1, 0.15) is 5.65 Å². The number of para-hydroxylation sites is 2. The Hall–Kier alpha value is -3.86. The molecule has 2 aromatic carbocycles. The quantitative estimate of drug-likeness (QED) is 0.428. The molecule has 0 bridgehead atoms. The summed E-state index contributed by atoms with van der Waals surface area (Å²) in [5.41, 5.74) is 5.39. The van der Waals surface area contributed by atoms with Crippen molar-refractivity contribution in [2.24, 2.45) is 0 Å². The third kappa shape index (κ3) is 2.34. The van der Waals surface area contributed by atoms with Crippen molar-refractivity contribution in [3.8, 4) is 5.69 Å². The van der Waals surface area contributed by atoms with Gasteiger partial charge in [0.2, 0.25) is 0 Å². The molecule has 0 amide bonds. The van der Waals surface area contributed by atoms with Gasteiger partial charge in [-0.05, 0) is 36.4 Å². The van der Waals surface area contributed by atoms with Crippen LogP contribution in [-0.4, -0.2) is 28.3 Å². The molecule has 5 nitrogen and oxygen atoms in total. The van der Waals surface area contributed by atoms with E-state index in [0.29, 0.717) is 0 Å². The van der Waals surface area contributed by atoms with E-state index in [2.05, 4.69) is 87.1 Å². The molecule has 5 heteroatoms. The summed E-state index contributed by atoms with van der Waals surface area (Å²) in [4.78, 5) is 14.0.